The van der Waals surface area contributed by atoms with Crippen LogP contribution in [0.15, 0.2) is 18.2 Å². The van der Waals surface area contributed by atoms with Gasteiger partial charge in [-0.15, -0.1) is 0 Å². The highest BCUT2D eigenvalue weighted by Gasteiger charge is 2.31. The summed E-state index contributed by atoms with van der Waals surface area (Å²) in [6.45, 7) is 6.64. The van der Waals surface area contributed by atoms with Gasteiger partial charge in [0.05, 0.1) is 11.3 Å². The van der Waals surface area contributed by atoms with E-state index in [9.17, 15) is 15.0 Å². The minimum atomic E-state index is -0.778. The van der Waals surface area contributed by atoms with Crippen molar-refractivity contribution in [1.82, 2.24) is 5.32 Å². The molecule has 1 aliphatic rings. The van der Waals surface area contributed by atoms with Gasteiger partial charge in [0, 0.05) is 13.0 Å². The lowest BCUT2D eigenvalue weighted by Crippen LogP contribution is -2.33. The first kappa shape index (κ1) is 16.6. The third kappa shape index (κ3) is 4.61. The Hall–Kier alpha value is -1.79. The molecule has 6 heteroatoms. The number of rotatable bonds is 3. The summed E-state index contributed by atoms with van der Waals surface area (Å²) in [4.78, 5) is 11.8. The number of hydrogen-bond donors (Lipinski definition) is 4. The van der Waals surface area contributed by atoms with Crippen LogP contribution in [0.25, 0.3) is 0 Å². The van der Waals surface area contributed by atoms with Crippen molar-refractivity contribution in [1.29, 1.82) is 0 Å². The molecule has 0 bridgehead atoms. The Morgan fingerprint density at radius 3 is 2.77 bits per heavy atom. The van der Waals surface area contributed by atoms with Gasteiger partial charge < -0.3 is 20.3 Å². The van der Waals surface area contributed by atoms with E-state index in [0.29, 0.717) is 19.4 Å². The molecule has 1 aromatic carbocycles. The summed E-state index contributed by atoms with van der Waals surface area (Å²) in [7, 11) is 0. The molecule has 1 aliphatic heterocycles. The summed E-state index contributed by atoms with van der Waals surface area (Å²) in [5.74, 6) is -0.0360. The second kappa shape index (κ2) is 6.14. The van der Waals surface area contributed by atoms with Crippen LogP contribution in [-0.2, 0) is 11.2 Å². The van der Waals surface area contributed by atoms with Gasteiger partial charge in [-0.3, -0.25) is 5.32 Å². The van der Waals surface area contributed by atoms with Crippen LogP contribution in [0.4, 0.5) is 10.5 Å². The monoisotopic (exact) mass is 308 g/mol. The Labute approximate surface area is 130 Å². The Bertz CT molecular complexity index is 546. The molecule has 2 rings (SSSR count). The third-order valence-corrected chi connectivity index (χ3v) is 3.45. The molecule has 1 unspecified atom stereocenters. The number of amides is 1. The molecule has 1 amide bonds. The molecule has 6 nitrogen and oxygen atoms in total. The molecule has 122 valence electrons. The van der Waals surface area contributed by atoms with E-state index in [1.807, 2.05) is 0 Å². The number of hydrogen-bond acceptors (Lipinski definition) is 5. The van der Waals surface area contributed by atoms with Crippen LogP contribution >= 0.6 is 0 Å². The first-order chi connectivity index (χ1) is 10.2. The largest absolute Gasteiger partial charge is 0.506 e. The van der Waals surface area contributed by atoms with Crippen molar-refractivity contribution < 1.29 is 19.7 Å². The molecule has 4 N–H and O–H groups in total. The summed E-state index contributed by atoms with van der Waals surface area (Å²) in [6, 6.07) is 4.91. The van der Waals surface area contributed by atoms with Crippen molar-refractivity contribution in [3.05, 3.63) is 23.8 Å². The number of benzene rings is 1. The summed E-state index contributed by atoms with van der Waals surface area (Å²) in [5, 5.41) is 25.9. The number of aromatic hydroxyl groups is 1. The quantitative estimate of drug-likeness (QED) is 0.641. The van der Waals surface area contributed by atoms with Gasteiger partial charge in [0.15, 0.2) is 0 Å². The number of phenols is 1. The van der Waals surface area contributed by atoms with Crippen molar-refractivity contribution in [3.8, 4) is 5.75 Å². The van der Waals surface area contributed by atoms with Crippen molar-refractivity contribution in [2.24, 2.45) is 0 Å². The molecular weight excluding hydrogens is 284 g/mol. The van der Waals surface area contributed by atoms with Crippen LogP contribution in [0.2, 0.25) is 0 Å². The normalized spacial score (nSPS) is 21.6. The number of aliphatic hydroxyl groups is 1. The van der Waals surface area contributed by atoms with Crippen molar-refractivity contribution in [2.45, 2.75) is 44.8 Å². The average molecular weight is 308 g/mol. The molecule has 1 aromatic rings. The predicted molar refractivity (Wildman–Crippen MR) is 84.1 cm³/mol. The highest BCUT2D eigenvalue weighted by atomic mass is 16.6. The molecule has 1 atom stereocenters. The second-order valence-corrected chi connectivity index (χ2v) is 6.81. The van der Waals surface area contributed by atoms with Gasteiger partial charge in [0.2, 0.25) is 0 Å². The molecular formula is C16H24N2O4. The molecule has 0 radical (unpaired) electrons. The van der Waals surface area contributed by atoms with E-state index in [2.05, 4.69) is 10.6 Å². The number of carbonyl (C=O) groups is 1. The first-order valence-corrected chi connectivity index (χ1v) is 7.42. The molecule has 0 saturated carbocycles. The van der Waals surface area contributed by atoms with E-state index in [0.717, 1.165) is 12.1 Å². The van der Waals surface area contributed by atoms with E-state index in [4.69, 9.17) is 4.74 Å². The van der Waals surface area contributed by atoms with Gasteiger partial charge in [-0.2, -0.15) is 0 Å². The smallest absolute Gasteiger partial charge is 0.412 e. The number of β-amino-alcohol motifs (C(OH)–C–C–N with tert-alkyl or cyclic N) is 1. The molecule has 1 fully saturated rings. The maximum Gasteiger partial charge on any atom is 0.412 e. The minimum Gasteiger partial charge on any atom is -0.506 e. The van der Waals surface area contributed by atoms with Gasteiger partial charge >= 0.3 is 6.09 Å². The number of nitrogens with one attached hydrogen (secondary N) is 2. The molecule has 0 spiro atoms. The maximum absolute atomic E-state index is 11.8. The SMILES string of the molecule is CC(C)(C)OC(=O)Nc1cc(CC2(O)CCNC2)ccc1O. The van der Waals surface area contributed by atoms with Crippen LogP contribution in [0.1, 0.15) is 32.8 Å². The maximum atomic E-state index is 11.8. The fourth-order valence-electron chi connectivity index (χ4n) is 2.47. The van der Waals surface area contributed by atoms with Crippen LogP contribution < -0.4 is 10.6 Å². The van der Waals surface area contributed by atoms with Gasteiger partial charge in [-0.25, -0.2) is 4.79 Å². The molecule has 0 aromatic heterocycles. The topological polar surface area (TPSA) is 90.8 Å². The highest BCUT2D eigenvalue weighted by Crippen LogP contribution is 2.28. The summed E-state index contributed by atoms with van der Waals surface area (Å²) in [6.07, 6.45) is 0.521. The van der Waals surface area contributed by atoms with Crippen molar-refractivity contribution in [3.63, 3.8) is 0 Å². The zero-order valence-corrected chi connectivity index (χ0v) is 13.3. The van der Waals surface area contributed by atoms with E-state index in [-0.39, 0.29) is 11.4 Å². The van der Waals surface area contributed by atoms with Crippen molar-refractivity contribution >= 4 is 11.8 Å². The summed E-state index contributed by atoms with van der Waals surface area (Å²) >= 11 is 0. The van der Waals surface area contributed by atoms with Crippen LogP contribution in [0.5, 0.6) is 5.75 Å². The predicted octanol–water partition coefficient (Wildman–Crippen LogP) is 2.01. The second-order valence-electron chi connectivity index (χ2n) is 6.81. The molecule has 22 heavy (non-hydrogen) atoms. The third-order valence-electron chi connectivity index (χ3n) is 3.45. The standard InChI is InChI=1S/C16H24N2O4/c1-15(2,3)22-14(20)18-12-8-11(4-5-13(12)19)9-16(21)6-7-17-10-16/h4-5,8,17,19,21H,6-7,9-10H2,1-3H3,(H,18,20). The van der Waals surface area contributed by atoms with Gasteiger partial charge in [0.1, 0.15) is 11.4 Å². The summed E-state index contributed by atoms with van der Waals surface area (Å²) in [5.41, 5.74) is -0.265. The molecule has 0 aliphatic carbocycles. The Balaban J connectivity index is 2.08. The van der Waals surface area contributed by atoms with E-state index < -0.39 is 17.3 Å². The van der Waals surface area contributed by atoms with E-state index >= 15 is 0 Å². The molecule has 1 heterocycles. The first-order valence-electron chi connectivity index (χ1n) is 7.42. The number of phenolic OH excluding ortho intramolecular Hbond substituents is 1. The Kier molecular flexibility index (Phi) is 4.63. The van der Waals surface area contributed by atoms with Crippen LogP contribution in [-0.4, -0.2) is 40.6 Å². The van der Waals surface area contributed by atoms with Crippen LogP contribution in [0.3, 0.4) is 0 Å². The zero-order valence-electron chi connectivity index (χ0n) is 13.3. The fraction of sp³-hybridized carbons (Fsp3) is 0.562. The van der Waals surface area contributed by atoms with Gasteiger partial charge in [-0.1, -0.05) is 6.07 Å². The highest BCUT2D eigenvalue weighted by molar-refractivity contribution is 5.87. The van der Waals surface area contributed by atoms with E-state index in [1.165, 1.54) is 6.07 Å². The lowest BCUT2D eigenvalue weighted by molar-refractivity contribution is 0.0618. The average Bonchev–Trinajstić information content (AvgIpc) is 2.78. The minimum absolute atomic E-state index is 0.0360. The van der Waals surface area contributed by atoms with Crippen molar-refractivity contribution in [2.75, 3.05) is 18.4 Å². The van der Waals surface area contributed by atoms with Gasteiger partial charge in [0.25, 0.3) is 0 Å². The lowest BCUT2D eigenvalue weighted by atomic mass is 9.93. The zero-order chi connectivity index (χ0) is 16.4. The van der Waals surface area contributed by atoms with E-state index in [1.54, 1.807) is 32.9 Å². The molecule has 1 saturated heterocycles. The Morgan fingerprint density at radius 1 is 1.45 bits per heavy atom. The summed E-state index contributed by atoms with van der Waals surface area (Å²) < 4.78 is 5.17. The lowest BCUT2D eigenvalue weighted by Gasteiger charge is -2.22. The fourth-order valence-corrected chi connectivity index (χ4v) is 2.47. The van der Waals surface area contributed by atoms with Crippen LogP contribution in [0, 0.1) is 0 Å². The number of ether oxygens (including phenoxy) is 1. The van der Waals surface area contributed by atoms with Gasteiger partial charge in [-0.05, 0) is 51.4 Å². The Morgan fingerprint density at radius 2 is 2.18 bits per heavy atom. The number of anilines is 1. The number of carbonyl (C=O) groups excluding carboxylic acids is 1.